The quantitative estimate of drug-likeness (QED) is 0.422. The molecule has 0 unspecified atom stereocenters. The van der Waals surface area contributed by atoms with Gasteiger partial charge in [-0.1, -0.05) is 12.1 Å². The fourth-order valence-electron chi connectivity index (χ4n) is 1.31. The molecule has 0 spiro atoms. The number of nitrogens with zero attached hydrogens (tertiary/aromatic N) is 1. The first-order valence-electron chi connectivity index (χ1n) is 5.55. The van der Waals surface area contributed by atoms with Crippen LogP contribution in [0.2, 0.25) is 0 Å². The summed E-state index contributed by atoms with van der Waals surface area (Å²) < 4.78 is 0. The number of aliphatic carboxylic acids is 1. The summed E-state index contributed by atoms with van der Waals surface area (Å²) in [5, 5.41) is 32.2. The highest BCUT2D eigenvalue weighted by Crippen LogP contribution is 2.11. The lowest BCUT2D eigenvalue weighted by molar-refractivity contribution is -0.384. The second kappa shape index (κ2) is 7.04. The number of aliphatic hydroxyl groups is 1. The number of urea groups is 1. The maximum atomic E-state index is 11.4. The van der Waals surface area contributed by atoms with E-state index in [9.17, 15) is 19.7 Å². The summed E-state index contributed by atoms with van der Waals surface area (Å²) in [7, 11) is 0. The number of carboxylic acid groups (broad SMARTS) is 1. The van der Waals surface area contributed by atoms with E-state index in [0.717, 1.165) is 0 Å². The number of carbonyl (C=O) groups excluding carboxylic acids is 1. The van der Waals surface area contributed by atoms with Crippen LogP contribution in [0.5, 0.6) is 0 Å². The summed E-state index contributed by atoms with van der Waals surface area (Å²) in [5.41, 5.74) is 0.547. The van der Waals surface area contributed by atoms with Crippen molar-refractivity contribution in [2.75, 3.05) is 6.61 Å². The van der Waals surface area contributed by atoms with Gasteiger partial charge in [0.1, 0.15) is 0 Å². The molecule has 0 saturated heterocycles. The molecular formula is C11H13N3O6. The molecule has 0 aliphatic rings. The van der Waals surface area contributed by atoms with Crippen molar-refractivity contribution in [3.05, 3.63) is 39.9 Å². The van der Waals surface area contributed by atoms with E-state index in [1.807, 2.05) is 0 Å². The van der Waals surface area contributed by atoms with E-state index in [1.165, 1.54) is 24.3 Å². The number of carbonyl (C=O) groups is 2. The molecule has 9 heteroatoms. The number of hydrogen-bond acceptors (Lipinski definition) is 5. The molecule has 0 aliphatic carbocycles. The maximum absolute atomic E-state index is 11.4. The molecule has 2 amide bonds. The Morgan fingerprint density at radius 1 is 1.30 bits per heavy atom. The second-order valence-corrected chi connectivity index (χ2v) is 3.82. The monoisotopic (exact) mass is 283 g/mol. The fraction of sp³-hybridized carbons (Fsp3) is 0.273. The highest BCUT2D eigenvalue weighted by Gasteiger charge is 2.18. The zero-order chi connectivity index (χ0) is 15.1. The van der Waals surface area contributed by atoms with Crippen molar-refractivity contribution in [1.29, 1.82) is 0 Å². The van der Waals surface area contributed by atoms with Crippen LogP contribution in [0.25, 0.3) is 0 Å². The van der Waals surface area contributed by atoms with E-state index < -0.39 is 29.6 Å². The average molecular weight is 283 g/mol. The Morgan fingerprint density at radius 3 is 2.35 bits per heavy atom. The van der Waals surface area contributed by atoms with Crippen molar-refractivity contribution in [1.82, 2.24) is 10.6 Å². The molecule has 1 aromatic carbocycles. The molecule has 0 heterocycles. The van der Waals surface area contributed by atoms with Crippen molar-refractivity contribution in [3.63, 3.8) is 0 Å². The van der Waals surface area contributed by atoms with Crippen LogP contribution in [0.1, 0.15) is 5.56 Å². The molecule has 0 fully saturated rings. The van der Waals surface area contributed by atoms with Gasteiger partial charge in [-0.25, -0.2) is 9.59 Å². The molecule has 0 bridgehead atoms. The summed E-state index contributed by atoms with van der Waals surface area (Å²) in [6, 6.07) is 3.39. The number of non-ortho nitro benzene ring substituents is 1. The van der Waals surface area contributed by atoms with Crippen molar-refractivity contribution in [3.8, 4) is 0 Å². The highest BCUT2D eigenvalue weighted by molar-refractivity contribution is 5.82. The van der Waals surface area contributed by atoms with E-state index >= 15 is 0 Å². The number of nitrogens with one attached hydrogen (secondary N) is 2. The molecule has 0 saturated carbocycles. The van der Waals surface area contributed by atoms with Gasteiger partial charge in [-0.05, 0) is 5.56 Å². The maximum Gasteiger partial charge on any atom is 0.328 e. The minimum Gasteiger partial charge on any atom is -0.480 e. The normalized spacial score (nSPS) is 11.4. The molecule has 108 valence electrons. The third-order valence-electron chi connectivity index (χ3n) is 2.39. The number of rotatable bonds is 6. The van der Waals surface area contributed by atoms with E-state index in [4.69, 9.17) is 10.2 Å². The van der Waals surface area contributed by atoms with Crippen LogP contribution in [-0.4, -0.2) is 39.8 Å². The minimum atomic E-state index is -1.38. The molecule has 0 radical (unpaired) electrons. The third-order valence-corrected chi connectivity index (χ3v) is 2.39. The number of nitro benzene ring substituents is 1. The SMILES string of the molecule is O=C(NCc1ccc([N+](=O)[O-])cc1)N[C@H](CO)C(=O)O. The summed E-state index contributed by atoms with van der Waals surface area (Å²) >= 11 is 0. The van der Waals surface area contributed by atoms with Gasteiger partial charge in [0.15, 0.2) is 6.04 Å². The Hall–Kier alpha value is -2.68. The van der Waals surface area contributed by atoms with Gasteiger partial charge in [0.2, 0.25) is 0 Å². The summed E-state index contributed by atoms with van der Waals surface area (Å²) in [6.45, 7) is -0.651. The number of carboxylic acids is 1. The van der Waals surface area contributed by atoms with E-state index in [-0.39, 0.29) is 12.2 Å². The molecule has 9 nitrogen and oxygen atoms in total. The van der Waals surface area contributed by atoms with Crippen LogP contribution in [0.15, 0.2) is 24.3 Å². The van der Waals surface area contributed by atoms with Crippen LogP contribution >= 0.6 is 0 Å². The van der Waals surface area contributed by atoms with Crippen molar-refractivity contribution < 1.29 is 24.7 Å². The van der Waals surface area contributed by atoms with Crippen LogP contribution in [0.3, 0.4) is 0 Å². The van der Waals surface area contributed by atoms with E-state index in [2.05, 4.69) is 10.6 Å². The number of amides is 2. The Labute approximate surface area is 113 Å². The van der Waals surface area contributed by atoms with Crippen molar-refractivity contribution in [2.45, 2.75) is 12.6 Å². The second-order valence-electron chi connectivity index (χ2n) is 3.82. The van der Waals surface area contributed by atoms with Gasteiger partial charge in [-0.3, -0.25) is 10.1 Å². The number of hydrogen-bond donors (Lipinski definition) is 4. The first-order valence-corrected chi connectivity index (χ1v) is 5.55. The van der Waals surface area contributed by atoms with Gasteiger partial charge in [0.25, 0.3) is 5.69 Å². The summed E-state index contributed by atoms with van der Waals surface area (Å²) in [4.78, 5) is 31.8. The van der Waals surface area contributed by atoms with Gasteiger partial charge in [0, 0.05) is 18.7 Å². The van der Waals surface area contributed by atoms with Gasteiger partial charge in [0.05, 0.1) is 11.5 Å². The molecule has 4 N–H and O–H groups in total. The molecule has 20 heavy (non-hydrogen) atoms. The molecular weight excluding hydrogens is 270 g/mol. The standard InChI is InChI=1S/C11H13N3O6/c15-6-9(10(16)17)13-11(18)12-5-7-1-3-8(4-2-7)14(19)20/h1-4,9,15H,5-6H2,(H,16,17)(H2,12,13,18)/t9-/m1/s1. The summed E-state index contributed by atoms with van der Waals surface area (Å²) in [6.07, 6.45) is 0. The molecule has 1 rings (SSSR count). The fourth-order valence-corrected chi connectivity index (χ4v) is 1.31. The van der Waals surface area contributed by atoms with E-state index in [0.29, 0.717) is 5.56 Å². The third kappa shape index (κ3) is 4.53. The van der Waals surface area contributed by atoms with Crippen LogP contribution in [0.4, 0.5) is 10.5 Å². The first-order chi connectivity index (χ1) is 9.43. The topological polar surface area (TPSA) is 142 Å². The van der Waals surface area contributed by atoms with Gasteiger partial charge in [-0.2, -0.15) is 0 Å². The number of aliphatic hydroxyl groups excluding tert-OH is 1. The van der Waals surface area contributed by atoms with Crippen molar-refractivity contribution >= 4 is 17.7 Å². The molecule has 1 atom stereocenters. The first kappa shape index (κ1) is 15.4. The Balaban J connectivity index is 2.48. The Bertz CT molecular complexity index is 501. The van der Waals surface area contributed by atoms with Gasteiger partial charge < -0.3 is 20.8 Å². The number of benzene rings is 1. The predicted molar refractivity (Wildman–Crippen MR) is 67.0 cm³/mol. The predicted octanol–water partition coefficient (Wildman–Crippen LogP) is -0.161. The summed E-state index contributed by atoms with van der Waals surface area (Å²) in [5.74, 6) is -1.35. The molecule has 0 aliphatic heterocycles. The van der Waals surface area contributed by atoms with E-state index in [1.54, 1.807) is 0 Å². The lowest BCUT2D eigenvalue weighted by atomic mass is 10.2. The lowest BCUT2D eigenvalue weighted by Crippen LogP contribution is -2.47. The smallest absolute Gasteiger partial charge is 0.328 e. The van der Waals surface area contributed by atoms with Gasteiger partial charge in [-0.15, -0.1) is 0 Å². The Morgan fingerprint density at radius 2 is 1.90 bits per heavy atom. The largest absolute Gasteiger partial charge is 0.480 e. The zero-order valence-corrected chi connectivity index (χ0v) is 10.3. The van der Waals surface area contributed by atoms with Gasteiger partial charge >= 0.3 is 12.0 Å². The molecule has 1 aromatic rings. The lowest BCUT2D eigenvalue weighted by Gasteiger charge is -2.12. The zero-order valence-electron chi connectivity index (χ0n) is 10.3. The van der Waals surface area contributed by atoms with Crippen LogP contribution < -0.4 is 10.6 Å². The number of nitro groups is 1. The minimum absolute atomic E-state index is 0.0653. The molecule has 0 aromatic heterocycles. The van der Waals surface area contributed by atoms with Crippen LogP contribution in [0, 0.1) is 10.1 Å². The Kier molecular flexibility index (Phi) is 5.42. The average Bonchev–Trinajstić information content (AvgIpc) is 2.42. The van der Waals surface area contributed by atoms with Crippen molar-refractivity contribution in [2.24, 2.45) is 0 Å². The highest BCUT2D eigenvalue weighted by atomic mass is 16.6. The van der Waals surface area contributed by atoms with Crippen LogP contribution in [-0.2, 0) is 11.3 Å².